The minimum absolute atomic E-state index is 0.173. The van der Waals surface area contributed by atoms with Crippen LogP contribution in [0.25, 0.3) is 0 Å². The van der Waals surface area contributed by atoms with Crippen molar-refractivity contribution in [2.45, 2.75) is 24.7 Å². The van der Waals surface area contributed by atoms with Crippen LogP contribution in [0.2, 0.25) is 0 Å². The summed E-state index contributed by atoms with van der Waals surface area (Å²) >= 11 is 0. The topological polar surface area (TPSA) is 95.9 Å². The highest BCUT2D eigenvalue weighted by molar-refractivity contribution is 7.89. The molecule has 166 valence electrons. The number of sulfonamides is 1. The van der Waals surface area contributed by atoms with Gasteiger partial charge in [-0.25, -0.2) is 23.2 Å². The number of nitrogens with zero attached hydrogens (tertiary/aromatic N) is 5. The number of anilines is 2. The predicted molar refractivity (Wildman–Crippen MR) is 117 cm³/mol. The van der Waals surface area contributed by atoms with E-state index in [1.54, 1.807) is 13.3 Å². The first-order chi connectivity index (χ1) is 15.0. The van der Waals surface area contributed by atoms with Crippen molar-refractivity contribution < 1.29 is 17.9 Å². The predicted octanol–water partition coefficient (Wildman–Crippen LogP) is 1.76. The van der Waals surface area contributed by atoms with Crippen molar-refractivity contribution in [3.05, 3.63) is 42.2 Å². The monoisotopic (exact) mass is 445 g/mol. The first kappa shape index (κ1) is 21.5. The summed E-state index contributed by atoms with van der Waals surface area (Å²) in [4.78, 5) is 25.1. The molecule has 0 atom stereocenters. The van der Waals surface area contributed by atoms with Crippen LogP contribution in [0, 0.1) is 0 Å². The maximum atomic E-state index is 13.0. The summed E-state index contributed by atoms with van der Waals surface area (Å²) in [5, 5.41) is 0. The summed E-state index contributed by atoms with van der Waals surface area (Å²) in [6.45, 7) is 5.86. The zero-order valence-corrected chi connectivity index (χ0v) is 18.4. The van der Waals surface area contributed by atoms with E-state index in [0.717, 1.165) is 24.7 Å². The van der Waals surface area contributed by atoms with Crippen LogP contribution in [0.1, 0.15) is 30.1 Å². The van der Waals surface area contributed by atoms with Crippen molar-refractivity contribution in [1.82, 2.24) is 14.3 Å². The van der Waals surface area contributed by atoms with Crippen molar-refractivity contribution in [1.29, 1.82) is 0 Å². The smallest absolute Gasteiger partial charge is 0.338 e. The second-order valence-corrected chi connectivity index (χ2v) is 9.50. The maximum absolute atomic E-state index is 13.0. The molecule has 2 aromatic rings. The second kappa shape index (κ2) is 9.19. The zero-order chi connectivity index (χ0) is 21.8. The van der Waals surface area contributed by atoms with E-state index in [4.69, 9.17) is 4.74 Å². The number of ether oxygens (including phenoxy) is 1. The molecule has 0 bridgehead atoms. The third kappa shape index (κ3) is 4.64. The van der Waals surface area contributed by atoms with Crippen LogP contribution in [0.4, 0.5) is 11.6 Å². The number of rotatable bonds is 6. The molecule has 9 nitrogen and oxygen atoms in total. The molecule has 31 heavy (non-hydrogen) atoms. The largest absolute Gasteiger partial charge is 0.462 e. The molecule has 2 aliphatic heterocycles. The van der Waals surface area contributed by atoms with Gasteiger partial charge in [0.2, 0.25) is 10.0 Å². The Labute approximate surface area is 182 Å². The van der Waals surface area contributed by atoms with Gasteiger partial charge in [0.15, 0.2) is 0 Å². The third-order valence-corrected chi connectivity index (χ3v) is 7.55. The van der Waals surface area contributed by atoms with Crippen molar-refractivity contribution in [3.63, 3.8) is 0 Å². The summed E-state index contributed by atoms with van der Waals surface area (Å²) in [6.07, 6.45) is 3.94. The average molecular weight is 446 g/mol. The van der Waals surface area contributed by atoms with E-state index >= 15 is 0 Å². The molecule has 1 aromatic carbocycles. The van der Waals surface area contributed by atoms with Crippen LogP contribution < -0.4 is 9.80 Å². The fraction of sp³-hybridized carbons (Fsp3) is 0.476. The van der Waals surface area contributed by atoms with Gasteiger partial charge in [0.1, 0.15) is 18.0 Å². The number of piperazine rings is 1. The minimum Gasteiger partial charge on any atom is -0.462 e. The minimum atomic E-state index is -3.63. The fourth-order valence-electron chi connectivity index (χ4n) is 3.91. The molecular formula is C21H27N5O4S. The molecule has 4 rings (SSSR count). The van der Waals surface area contributed by atoms with Crippen molar-refractivity contribution in [2.24, 2.45) is 0 Å². The number of carbonyl (C=O) groups is 1. The molecule has 0 saturated carbocycles. The molecule has 0 aliphatic carbocycles. The Morgan fingerprint density at radius 3 is 2.10 bits per heavy atom. The van der Waals surface area contributed by atoms with Crippen LogP contribution >= 0.6 is 0 Å². The van der Waals surface area contributed by atoms with Crippen LogP contribution in [0.5, 0.6) is 0 Å². The third-order valence-electron chi connectivity index (χ3n) is 5.63. The standard InChI is InChI=1S/C21H27N5O4S/c1-2-30-21(27)17-5-7-18(8-6-17)31(28,29)26-13-11-25(12-14-26)20-15-19(22-16-23-20)24-9-3-4-10-24/h5-8,15-16H,2-4,9-14H2,1H3. The molecule has 0 amide bonds. The summed E-state index contributed by atoms with van der Waals surface area (Å²) in [5.74, 6) is 1.30. The summed E-state index contributed by atoms with van der Waals surface area (Å²) in [7, 11) is -3.63. The number of hydrogen-bond acceptors (Lipinski definition) is 8. The van der Waals surface area contributed by atoms with E-state index in [1.165, 1.54) is 41.4 Å². The van der Waals surface area contributed by atoms with E-state index in [9.17, 15) is 13.2 Å². The molecular weight excluding hydrogens is 418 g/mol. The Balaban J connectivity index is 1.41. The van der Waals surface area contributed by atoms with Gasteiger partial charge in [-0.15, -0.1) is 0 Å². The van der Waals surface area contributed by atoms with Gasteiger partial charge in [-0.2, -0.15) is 4.31 Å². The SMILES string of the molecule is CCOC(=O)c1ccc(S(=O)(=O)N2CCN(c3cc(N4CCCC4)ncn3)CC2)cc1. The maximum Gasteiger partial charge on any atom is 0.338 e. The summed E-state index contributed by atoms with van der Waals surface area (Å²) in [5.41, 5.74) is 0.336. The van der Waals surface area contributed by atoms with Gasteiger partial charge in [0.05, 0.1) is 17.1 Å². The van der Waals surface area contributed by atoms with Crippen molar-refractivity contribution in [2.75, 3.05) is 55.7 Å². The second-order valence-electron chi connectivity index (χ2n) is 7.56. The lowest BCUT2D eigenvalue weighted by Gasteiger charge is -2.34. The first-order valence-electron chi connectivity index (χ1n) is 10.6. The van der Waals surface area contributed by atoms with E-state index in [-0.39, 0.29) is 11.5 Å². The van der Waals surface area contributed by atoms with E-state index in [1.807, 2.05) is 6.07 Å². The van der Waals surface area contributed by atoms with E-state index < -0.39 is 16.0 Å². The molecule has 0 spiro atoms. The zero-order valence-electron chi connectivity index (χ0n) is 17.6. The lowest BCUT2D eigenvalue weighted by atomic mass is 10.2. The Bertz CT molecular complexity index is 1010. The van der Waals surface area contributed by atoms with Gasteiger partial charge in [0, 0.05) is 45.3 Å². The molecule has 2 saturated heterocycles. The van der Waals surface area contributed by atoms with Gasteiger partial charge in [0.25, 0.3) is 0 Å². The average Bonchev–Trinajstić information content (AvgIpc) is 3.35. The number of hydrogen-bond donors (Lipinski definition) is 0. The Morgan fingerprint density at radius 1 is 0.935 bits per heavy atom. The van der Waals surface area contributed by atoms with E-state index in [2.05, 4.69) is 19.8 Å². The number of carbonyl (C=O) groups excluding carboxylic acids is 1. The van der Waals surface area contributed by atoms with Gasteiger partial charge in [-0.1, -0.05) is 0 Å². The molecule has 0 N–H and O–H groups in total. The molecule has 0 unspecified atom stereocenters. The quantitative estimate of drug-likeness (QED) is 0.621. The summed E-state index contributed by atoms with van der Waals surface area (Å²) < 4.78 is 32.5. The molecule has 0 radical (unpaired) electrons. The molecule has 3 heterocycles. The van der Waals surface area contributed by atoms with Crippen LogP contribution in [-0.2, 0) is 14.8 Å². The van der Waals surface area contributed by atoms with Gasteiger partial charge in [-0.3, -0.25) is 0 Å². The molecule has 10 heteroatoms. The van der Waals surface area contributed by atoms with Crippen LogP contribution in [0.15, 0.2) is 41.6 Å². The fourth-order valence-corrected chi connectivity index (χ4v) is 5.34. The highest BCUT2D eigenvalue weighted by atomic mass is 32.2. The van der Waals surface area contributed by atoms with Crippen molar-refractivity contribution >= 4 is 27.6 Å². The highest BCUT2D eigenvalue weighted by Gasteiger charge is 2.29. The lowest BCUT2D eigenvalue weighted by Crippen LogP contribution is -2.49. The molecule has 2 fully saturated rings. The first-order valence-corrected chi connectivity index (χ1v) is 12.0. The Hall–Kier alpha value is -2.72. The van der Waals surface area contributed by atoms with Crippen LogP contribution in [-0.4, -0.2) is 74.5 Å². The van der Waals surface area contributed by atoms with Gasteiger partial charge >= 0.3 is 5.97 Å². The van der Waals surface area contributed by atoms with Gasteiger partial charge < -0.3 is 14.5 Å². The molecule has 2 aliphatic rings. The summed E-state index contributed by atoms with van der Waals surface area (Å²) in [6, 6.07) is 7.88. The Kier molecular flexibility index (Phi) is 6.38. The van der Waals surface area contributed by atoms with E-state index in [0.29, 0.717) is 31.7 Å². The number of benzene rings is 1. The van der Waals surface area contributed by atoms with Crippen LogP contribution in [0.3, 0.4) is 0 Å². The highest BCUT2D eigenvalue weighted by Crippen LogP contribution is 2.24. The normalized spacial score (nSPS) is 17.7. The number of esters is 1. The number of aromatic nitrogens is 2. The molecule has 1 aromatic heterocycles. The van der Waals surface area contributed by atoms with Crippen molar-refractivity contribution in [3.8, 4) is 0 Å². The van der Waals surface area contributed by atoms with Gasteiger partial charge in [-0.05, 0) is 44.0 Å². The Morgan fingerprint density at radius 2 is 1.52 bits per heavy atom. The lowest BCUT2D eigenvalue weighted by molar-refractivity contribution is 0.0526.